The van der Waals surface area contributed by atoms with E-state index in [-0.39, 0.29) is 23.8 Å². The zero-order valence-corrected chi connectivity index (χ0v) is 23.8. The lowest BCUT2D eigenvalue weighted by molar-refractivity contribution is -0.150. The Hall–Kier alpha value is -3.69. The summed E-state index contributed by atoms with van der Waals surface area (Å²) < 4.78 is 18.1. The van der Waals surface area contributed by atoms with Gasteiger partial charge >= 0.3 is 11.9 Å². The Balaban J connectivity index is 1.75. The van der Waals surface area contributed by atoms with E-state index in [4.69, 9.17) is 25.8 Å². The Bertz CT molecular complexity index is 1600. The number of carbonyl (C=O) groups is 2. The molecule has 2 atom stereocenters. The molecule has 39 heavy (non-hydrogen) atoms. The average Bonchev–Trinajstić information content (AvgIpc) is 3.18. The van der Waals surface area contributed by atoms with Crippen LogP contribution in [-0.4, -0.2) is 35.3 Å². The van der Waals surface area contributed by atoms with E-state index in [1.807, 2.05) is 6.07 Å². The minimum absolute atomic E-state index is 0.271. The quantitative estimate of drug-likeness (QED) is 0.378. The highest BCUT2D eigenvalue weighted by atomic mass is 35.5. The first-order valence-corrected chi connectivity index (χ1v) is 13.7. The van der Waals surface area contributed by atoms with Crippen LogP contribution in [0.25, 0.3) is 6.08 Å². The lowest BCUT2D eigenvalue weighted by atomic mass is 9.96. The van der Waals surface area contributed by atoms with E-state index in [1.54, 1.807) is 83.2 Å². The van der Waals surface area contributed by atoms with Crippen LogP contribution in [0.5, 0.6) is 5.75 Å². The Morgan fingerprint density at radius 3 is 2.46 bits per heavy atom. The second-order valence-electron chi connectivity index (χ2n) is 9.14. The third-order valence-electron chi connectivity index (χ3n) is 5.89. The van der Waals surface area contributed by atoms with Gasteiger partial charge in [-0.05, 0) is 70.0 Å². The molecule has 0 aliphatic carbocycles. The highest BCUT2D eigenvalue weighted by Gasteiger charge is 2.34. The van der Waals surface area contributed by atoms with Gasteiger partial charge in [-0.15, -0.1) is 0 Å². The Labute approximate surface area is 234 Å². The molecule has 2 heterocycles. The summed E-state index contributed by atoms with van der Waals surface area (Å²) >= 11 is 7.78. The number of esters is 2. The van der Waals surface area contributed by atoms with Crippen molar-refractivity contribution < 1.29 is 23.8 Å². The largest absolute Gasteiger partial charge is 0.479 e. The summed E-state index contributed by atoms with van der Waals surface area (Å²) in [5, 5.41) is 0.425. The summed E-state index contributed by atoms with van der Waals surface area (Å²) in [4.78, 5) is 43.8. The zero-order valence-electron chi connectivity index (χ0n) is 22.3. The van der Waals surface area contributed by atoms with Crippen molar-refractivity contribution in [3.05, 3.63) is 95.6 Å². The molecular formula is C29H29ClN2O6S. The molecule has 10 heteroatoms. The van der Waals surface area contributed by atoms with Crippen molar-refractivity contribution in [2.75, 3.05) is 6.61 Å². The van der Waals surface area contributed by atoms with Crippen molar-refractivity contribution in [3.8, 4) is 5.75 Å². The second-order valence-corrected chi connectivity index (χ2v) is 10.6. The van der Waals surface area contributed by atoms with Gasteiger partial charge in [0.25, 0.3) is 5.56 Å². The fourth-order valence-electron chi connectivity index (χ4n) is 4.16. The van der Waals surface area contributed by atoms with Crippen LogP contribution >= 0.6 is 22.9 Å². The summed E-state index contributed by atoms with van der Waals surface area (Å²) in [5.74, 6) is -0.488. The van der Waals surface area contributed by atoms with Gasteiger partial charge in [0.05, 0.1) is 28.5 Å². The van der Waals surface area contributed by atoms with Crippen molar-refractivity contribution in [2.24, 2.45) is 4.99 Å². The molecule has 2 aromatic carbocycles. The second kappa shape index (κ2) is 12.0. The average molecular weight is 569 g/mol. The first-order valence-electron chi connectivity index (χ1n) is 12.5. The van der Waals surface area contributed by atoms with Gasteiger partial charge in [0.2, 0.25) is 0 Å². The van der Waals surface area contributed by atoms with Gasteiger partial charge < -0.3 is 14.2 Å². The number of allylic oxidation sites excluding steroid dienone is 1. The number of hydrogen-bond donors (Lipinski definition) is 0. The Kier molecular flexibility index (Phi) is 8.72. The maximum absolute atomic E-state index is 13.7. The fraction of sp³-hybridized carbons (Fsp3) is 0.310. The SMILES string of the molecule is CCOC(=O)C(C)Oc1ccc(C=c2sc3n(c2=O)C(c2ccccc2Cl)C(C(=O)OC(C)C)=C(C)N=3)cc1. The van der Waals surface area contributed by atoms with Crippen molar-refractivity contribution in [1.29, 1.82) is 0 Å². The minimum atomic E-state index is -0.788. The molecule has 0 N–H and O–H groups in total. The number of hydrogen-bond acceptors (Lipinski definition) is 8. The van der Waals surface area contributed by atoms with Crippen LogP contribution in [0.4, 0.5) is 0 Å². The number of fused-ring (bicyclic) bond motifs is 1. The van der Waals surface area contributed by atoms with Gasteiger partial charge in [-0.2, -0.15) is 0 Å². The molecule has 0 amide bonds. The number of benzene rings is 2. The van der Waals surface area contributed by atoms with Gasteiger partial charge in [0.1, 0.15) is 11.8 Å². The van der Waals surface area contributed by atoms with E-state index < -0.39 is 24.1 Å². The molecule has 0 fully saturated rings. The highest BCUT2D eigenvalue weighted by Crippen LogP contribution is 2.34. The van der Waals surface area contributed by atoms with E-state index in [2.05, 4.69) is 4.99 Å². The third-order valence-corrected chi connectivity index (χ3v) is 7.22. The van der Waals surface area contributed by atoms with E-state index in [0.29, 0.717) is 31.4 Å². The van der Waals surface area contributed by atoms with Gasteiger partial charge in [0, 0.05) is 5.02 Å². The molecule has 4 rings (SSSR count). The van der Waals surface area contributed by atoms with Crippen LogP contribution in [-0.2, 0) is 19.1 Å². The van der Waals surface area contributed by atoms with Gasteiger partial charge in [-0.3, -0.25) is 9.36 Å². The normalized spacial score (nSPS) is 16.0. The molecule has 0 saturated heterocycles. The van der Waals surface area contributed by atoms with Gasteiger partial charge in [0.15, 0.2) is 10.9 Å². The van der Waals surface area contributed by atoms with Crippen molar-refractivity contribution in [1.82, 2.24) is 4.57 Å². The smallest absolute Gasteiger partial charge is 0.347 e. The van der Waals surface area contributed by atoms with E-state index in [0.717, 1.165) is 5.56 Å². The molecular weight excluding hydrogens is 540 g/mol. The number of carbonyl (C=O) groups excluding carboxylic acids is 2. The summed E-state index contributed by atoms with van der Waals surface area (Å²) in [6.45, 7) is 8.89. The molecule has 1 aromatic heterocycles. The number of ether oxygens (including phenoxy) is 3. The molecule has 3 aromatic rings. The molecule has 8 nitrogen and oxygen atoms in total. The van der Waals surface area contributed by atoms with Crippen molar-refractivity contribution in [3.63, 3.8) is 0 Å². The zero-order chi connectivity index (χ0) is 28.3. The van der Waals surface area contributed by atoms with E-state index >= 15 is 0 Å². The number of nitrogens with zero attached hydrogens (tertiary/aromatic N) is 2. The first kappa shape index (κ1) is 28.3. The van der Waals surface area contributed by atoms with Crippen LogP contribution in [0.15, 0.2) is 69.6 Å². The number of thiazole rings is 1. The first-order chi connectivity index (χ1) is 18.6. The summed E-state index contributed by atoms with van der Waals surface area (Å²) in [7, 11) is 0. The van der Waals surface area contributed by atoms with Crippen molar-refractivity contribution in [2.45, 2.75) is 52.9 Å². The summed E-state index contributed by atoms with van der Waals surface area (Å²) in [5.41, 5.74) is 1.79. The topological polar surface area (TPSA) is 96.2 Å². The predicted octanol–water partition coefficient (Wildman–Crippen LogP) is 4.17. The standard InChI is InChI=1S/C29H29ClN2O6S/c1-6-36-27(34)18(5)38-20-13-11-19(12-14-20)15-23-26(33)32-25(21-9-7-8-10-22(21)30)24(28(35)37-16(2)3)17(4)31-29(32)39-23/h7-16,18,25H,6H2,1-5H3. The van der Waals surface area contributed by atoms with Gasteiger partial charge in [-0.25, -0.2) is 14.6 Å². The Morgan fingerprint density at radius 1 is 1.13 bits per heavy atom. The summed E-state index contributed by atoms with van der Waals surface area (Å²) in [6.07, 6.45) is 0.655. The molecule has 2 unspecified atom stereocenters. The minimum Gasteiger partial charge on any atom is -0.479 e. The van der Waals surface area contributed by atoms with Crippen LogP contribution in [0.2, 0.25) is 5.02 Å². The van der Waals surface area contributed by atoms with Crippen LogP contribution < -0.4 is 19.6 Å². The maximum Gasteiger partial charge on any atom is 0.347 e. The molecule has 0 spiro atoms. The number of rotatable bonds is 8. The van der Waals surface area contributed by atoms with Crippen molar-refractivity contribution >= 4 is 41.0 Å². The fourth-order valence-corrected chi connectivity index (χ4v) is 5.44. The van der Waals surface area contributed by atoms with Crippen LogP contribution in [0, 0.1) is 0 Å². The molecule has 0 radical (unpaired) electrons. The Morgan fingerprint density at radius 2 is 1.82 bits per heavy atom. The van der Waals surface area contributed by atoms with E-state index in [1.165, 1.54) is 15.9 Å². The predicted molar refractivity (Wildman–Crippen MR) is 150 cm³/mol. The third kappa shape index (κ3) is 6.15. The van der Waals surface area contributed by atoms with Gasteiger partial charge in [-0.1, -0.05) is 53.3 Å². The summed E-state index contributed by atoms with van der Waals surface area (Å²) in [6, 6.07) is 13.3. The highest BCUT2D eigenvalue weighted by molar-refractivity contribution is 7.07. The number of aromatic nitrogens is 1. The lowest BCUT2D eigenvalue weighted by Gasteiger charge is -2.26. The molecule has 0 bridgehead atoms. The molecule has 204 valence electrons. The monoisotopic (exact) mass is 568 g/mol. The maximum atomic E-state index is 13.7. The number of halogens is 1. The van der Waals surface area contributed by atoms with Crippen LogP contribution in [0.3, 0.4) is 0 Å². The molecule has 0 saturated carbocycles. The van der Waals surface area contributed by atoms with E-state index in [9.17, 15) is 14.4 Å². The molecule has 1 aliphatic heterocycles. The molecule has 1 aliphatic rings. The lowest BCUT2D eigenvalue weighted by Crippen LogP contribution is -2.40. The van der Waals surface area contributed by atoms with Crippen LogP contribution in [0.1, 0.15) is 51.8 Å².